The molecule has 2 aromatic rings. The minimum Gasteiger partial charge on any atom is -0.444 e. The number of hydrogen-bond acceptors (Lipinski definition) is 5. The van der Waals surface area contributed by atoms with E-state index in [-0.39, 0.29) is 25.3 Å². The molecule has 0 saturated carbocycles. The third-order valence-corrected chi connectivity index (χ3v) is 6.76. The molecule has 41 heavy (non-hydrogen) atoms. The number of rotatable bonds is 13. The highest BCUT2D eigenvalue weighted by atomic mass is 16.6. The van der Waals surface area contributed by atoms with Crippen LogP contribution < -0.4 is 16.4 Å². The summed E-state index contributed by atoms with van der Waals surface area (Å²) in [6.07, 6.45) is 1.45. The molecule has 0 aliphatic rings. The molecule has 0 aliphatic heterocycles. The highest BCUT2D eigenvalue weighted by Crippen LogP contribution is 2.28. The number of nitrogens with two attached hydrogens (primary N) is 1. The Morgan fingerprint density at radius 2 is 1.63 bits per heavy atom. The highest BCUT2D eigenvalue weighted by molar-refractivity contribution is 5.99. The molecule has 4 amide bonds. The summed E-state index contributed by atoms with van der Waals surface area (Å²) in [6.45, 7) is 13.3. The maximum absolute atomic E-state index is 14.3. The van der Waals surface area contributed by atoms with Crippen LogP contribution in [0.3, 0.4) is 0 Å². The van der Waals surface area contributed by atoms with E-state index in [0.29, 0.717) is 17.7 Å². The number of ether oxygens (including phenoxy) is 1. The van der Waals surface area contributed by atoms with E-state index in [9.17, 15) is 19.2 Å². The summed E-state index contributed by atoms with van der Waals surface area (Å²) in [5.74, 6) is -1.47. The summed E-state index contributed by atoms with van der Waals surface area (Å²) in [4.78, 5) is 54.2. The van der Waals surface area contributed by atoms with Gasteiger partial charge in [0, 0.05) is 18.7 Å². The van der Waals surface area contributed by atoms with E-state index in [4.69, 9.17) is 10.5 Å². The minimum atomic E-state index is -1.13. The van der Waals surface area contributed by atoms with Crippen LogP contribution in [0, 0.1) is 20.8 Å². The number of carbonyl (C=O) groups excluding carboxylic acids is 4. The molecule has 224 valence electrons. The number of hydrogen-bond donors (Lipinski definition) is 3. The molecule has 0 fully saturated rings. The molecule has 4 N–H and O–H groups in total. The fraction of sp³-hybridized carbons (Fsp3) is 0.500. The lowest BCUT2D eigenvalue weighted by Gasteiger charge is -2.35. The highest BCUT2D eigenvalue weighted by Gasteiger charge is 2.36. The standard InChI is InChI=1S/C32H46N4O5/c1-8-9-12-19-36(30(39)26(17-18-27(33)37)35-31(40)41-32(5,6)7)28(24-16-15-21(2)23(4)20-24)29(38)34-25-14-11-10-13-22(25)3/h10-11,13-16,20,26,28H,8-9,12,17-19H2,1-7H3,(H2,33,37)(H,34,38)(H,35,40). The van der Waals surface area contributed by atoms with Crippen LogP contribution in [-0.2, 0) is 19.1 Å². The monoisotopic (exact) mass is 566 g/mol. The Bertz CT molecular complexity index is 1220. The zero-order valence-corrected chi connectivity index (χ0v) is 25.5. The van der Waals surface area contributed by atoms with Gasteiger partial charge in [0.1, 0.15) is 17.7 Å². The van der Waals surface area contributed by atoms with Gasteiger partial charge < -0.3 is 26.0 Å². The van der Waals surface area contributed by atoms with Crippen LogP contribution in [0.5, 0.6) is 0 Å². The van der Waals surface area contributed by atoms with Gasteiger partial charge in [0.15, 0.2) is 0 Å². The quantitative estimate of drug-likeness (QED) is 0.277. The van der Waals surface area contributed by atoms with Gasteiger partial charge in [0.05, 0.1) is 0 Å². The number of aryl methyl sites for hydroxylation is 3. The van der Waals surface area contributed by atoms with E-state index in [1.807, 2.05) is 63.2 Å². The molecule has 0 heterocycles. The number of nitrogens with zero attached hydrogens (tertiary/aromatic N) is 1. The number of benzene rings is 2. The lowest BCUT2D eigenvalue weighted by Crippen LogP contribution is -2.53. The minimum absolute atomic E-state index is 0.0310. The van der Waals surface area contributed by atoms with Gasteiger partial charge in [-0.2, -0.15) is 0 Å². The number of anilines is 1. The summed E-state index contributed by atoms with van der Waals surface area (Å²) in [5.41, 5.74) is 8.82. The zero-order chi connectivity index (χ0) is 30.7. The molecule has 0 aromatic heterocycles. The summed E-state index contributed by atoms with van der Waals surface area (Å²) in [7, 11) is 0. The zero-order valence-electron chi connectivity index (χ0n) is 25.5. The SMILES string of the molecule is CCCCCN(C(=O)C(CCC(N)=O)NC(=O)OC(C)(C)C)C(C(=O)Nc1ccccc1C)c1ccc(C)c(C)c1. The van der Waals surface area contributed by atoms with E-state index in [0.717, 1.165) is 29.5 Å². The number of nitrogens with one attached hydrogen (secondary N) is 2. The Balaban J connectivity index is 2.59. The smallest absolute Gasteiger partial charge is 0.408 e. The van der Waals surface area contributed by atoms with Gasteiger partial charge >= 0.3 is 6.09 Å². The normalized spacial score (nSPS) is 12.7. The van der Waals surface area contributed by atoms with Crippen LogP contribution in [-0.4, -0.2) is 46.9 Å². The first-order valence-electron chi connectivity index (χ1n) is 14.3. The lowest BCUT2D eigenvalue weighted by molar-refractivity contribution is -0.141. The Hall–Kier alpha value is -3.88. The van der Waals surface area contributed by atoms with Gasteiger partial charge in [0.25, 0.3) is 5.91 Å². The van der Waals surface area contributed by atoms with Crippen molar-refractivity contribution in [2.45, 2.75) is 98.3 Å². The van der Waals surface area contributed by atoms with Crippen LogP contribution in [0.1, 0.15) is 88.1 Å². The molecule has 0 saturated heterocycles. The van der Waals surface area contributed by atoms with Crippen molar-refractivity contribution in [3.8, 4) is 0 Å². The van der Waals surface area contributed by atoms with Crippen LogP contribution in [0.25, 0.3) is 0 Å². The molecular formula is C32H46N4O5. The molecule has 0 spiro atoms. The molecule has 2 rings (SSSR count). The lowest BCUT2D eigenvalue weighted by atomic mass is 9.97. The van der Waals surface area contributed by atoms with Crippen molar-refractivity contribution in [3.05, 3.63) is 64.7 Å². The molecule has 9 nitrogen and oxygen atoms in total. The largest absolute Gasteiger partial charge is 0.444 e. The number of alkyl carbamates (subject to hydrolysis) is 1. The maximum atomic E-state index is 14.3. The molecule has 2 aromatic carbocycles. The first-order chi connectivity index (χ1) is 19.2. The Kier molecular flexibility index (Phi) is 12.4. The van der Waals surface area contributed by atoms with Crippen molar-refractivity contribution in [2.75, 3.05) is 11.9 Å². The fourth-order valence-electron chi connectivity index (χ4n) is 4.41. The number of primary amides is 1. The van der Waals surface area contributed by atoms with Gasteiger partial charge in [-0.15, -0.1) is 0 Å². The van der Waals surface area contributed by atoms with Gasteiger partial charge in [-0.1, -0.05) is 56.2 Å². The van der Waals surface area contributed by atoms with Gasteiger partial charge in [-0.05, 0) is 82.7 Å². The van der Waals surface area contributed by atoms with Gasteiger partial charge in [-0.25, -0.2) is 4.79 Å². The number of carbonyl (C=O) groups is 4. The third-order valence-electron chi connectivity index (χ3n) is 6.76. The Morgan fingerprint density at radius 3 is 2.22 bits per heavy atom. The van der Waals surface area contributed by atoms with Crippen molar-refractivity contribution in [2.24, 2.45) is 5.73 Å². The molecule has 0 radical (unpaired) electrons. The van der Waals surface area contributed by atoms with E-state index in [1.165, 1.54) is 4.90 Å². The van der Waals surface area contributed by atoms with Crippen molar-refractivity contribution in [3.63, 3.8) is 0 Å². The summed E-state index contributed by atoms with van der Waals surface area (Å²) in [6, 6.07) is 11.0. The molecule has 9 heteroatoms. The second kappa shape index (κ2) is 15.2. The molecule has 0 bridgehead atoms. The summed E-state index contributed by atoms with van der Waals surface area (Å²) >= 11 is 0. The van der Waals surface area contributed by atoms with E-state index < -0.39 is 35.6 Å². The Labute approximate surface area is 244 Å². The summed E-state index contributed by atoms with van der Waals surface area (Å²) in [5, 5.41) is 5.64. The maximum Gasteiger partial charge on any atom is 0.408 e. The second-order valence-electron chi connectivity index (χ2n) is 11.5. The molecule has 0 aliphatic carbocycles. The van der Waals surface area contributed by atoms with Crippen LogP contribution >= 0.6 is 0 Å². The van der Waals surface area contributed by atoms with Crippen molar-refractivity contribution in [1.29, 1.82) is 0 Å². The number of unbranched alkanes of at least 4 members (excludes halogenated alkanes) is 2. The second-order valence-corrected chi connectivity index (χ2v) is 11.5. The molecule has 2 atom stereocenters. The third kappa shape index (κ3) is 10.6. The van der Waals surface area contributed by atoms with Crippen molar-refractivity contribution >= 4 is 29.5 Å². The van der Waals surface area contributed by atoms with Gasteiger partial charge in [0.2, 0.25) is 11.8 Å². The Morgan fingerprint density at radius 1 is 0.951 bits per heavy atom. The molecular weight excluding hydrogens is 520 g/mol. The predicted molar refractivity (Wildman–Crippen MR) is 161 cm³/mol. The first kappa shape index (κ1) is 33.3. The molecule has 2 unspecified atom stereocenters. The summed E-state index contributed by atoms with van der Waals surface area (Å²) < 4.78 is 5.40. The average molecular weight is 567 g/mol. The fourth-order valence-corrected chi connectivity index (χ4v) is 4.41. The van der Waals surface area contributed by atoms with E-state index in [1.54, 1.807) is 20.8 Å². The van der Waals surface area contributed by atoms with Gasteiger partial charge in [-0.3, -0.25) is 14.4 Å². The van der Waals surface area contributed by atoms with E-state index in [2.05, 4.69) is 17.6 Å². The number of amides is 4. The van der Waals surface area contributed by atoms with Crippen molar-refractivity contribution in [1.82, 2.24) is 10.2 Å². The van der Waals surface area contributed by atoms with Crippen molar-refractivity contribution < 1.29 is 23.9 Å². The first-order valence-corrected chi connectivity index (χ1v) is 14.3. The van der Waals surface area contributed by atoms with E-state index >= 15 is 0 Å². The van der Waals surface area contributed by atoms with Crippen LogP contribution in [0.15, 0.2) is 42.5 Å². The predicted octanol–water partition coefficient (Wildman–Crippen LogP) is 5.47. The topological polar surface area (TPSA) is 131 Å². The van der Waals surface area contributed by atoms with Crippen LogP contribution in [0.4, 0.5) is 10.5 Å². The number of para-hydroxylation sites is 1. The average Bonchev–Trinajstić information content (AvgIpc) is 2.87. The van der Waals surface area contributed by atoms with Crippen LogP contribution in [0.2, 0.25) is 0 Å².